The summed E-state index contributed by atoms with van der Waals surface area (Å²) in [6.07, 6.45) is 73.6. The molecule has 0 saturated carbocycles. The molecule has 6 heteroatoms. The van der Waals surface area contributed by atoms with Crippen LogP contribution in [0.15, 0.2) is 24.3 Å². The zero-order chi connectivity index (χ0) is 50.7. The first-order chi connectivity index (χ1) is 34.5. The summed E-state index contributed by atoms with van der Waals surface area (Å²) in [6, 6.07) is -0.641. The van der Waals surface area contributed by atoms with Crippen LogP contribution in [-0.4, -0.2) is 47.4 Å². The van der Waals surface area contributed by atoms with Crippen molar-refractivity contribution >= 4 is 11.9 Å². The number of rotatable bonds is 59. The molecule has 1 amide bonds. The minimum atomic E-state index is -0.856. The minimum absolute atomic E-state index is 0.00249. The lowest BCUT2D eigenvalue weighted by Gasteiger charge is -2.20. The highest BCUT2D eigenvalue weighted by molar-refractivity contribution is 5.76. The zero-order valence-corrected chi connectivity index (χ0v) is 47.3. The van der Waals surface area contributed by atoms with E-state index in [4.69, 9.17) is 4.74 Å². The second kappa shape index (κ2) is 59.9. The number of hydrogen-bond acceptors (Lipinski definition) is 5. The molecule has 0 fully saturated rings. The van der Waals surface area contributed by atoms with Crippen molar-refractivity contribution in [3.63, 3.8) is 0 Å². The van der Waals surface area contributed by atoms with E-state index in [1.807, 2.05) is 6.08 Å². The lowest BCUT2D eigenvalue weighted by atomic mass is 10.0. The summed E-state index contributed by atoms with van der Waals surface area (Å²) in [5.74, 6) is -0.0839. The first kappa shape index (κ1) is 68.3. The van der Waals surface area contributed by atoms with Crippen molar-refractivity contribution in [2.24, 2.45) is 0 Å². The summed E-state index contributed by atoms with van der Waals surface area (Å²) in [5, 5.41) is 23.2. The second-order valence-electron chi connectivity index (χ2n) is 21.7. The van der Waals surface area contributed by atoms with E-state index < -0.39 is 12.1 Å². The third-order valence-corrected chi connectivity index (χ3v) is 14.7. The topological polar surface area (TPSA) is 95.9 Å². The molecular formula is C64H123NO5. The predicted molar refractivity (Wildman–Crippen MR) is 306 cm³/mol. The van der Waals surface area contributed by atoms with E-state index >= 15 is 0 Å². The first-order valence-corrected chi connectivity index (χ1v) is 31.6. The predicted octanol–water partition coefficient (Wildman–Crippen LogP) is 19.8. The molecule has 3 N–H and O–H groups in total. The number of esters is 1. The van der Waals surface area contributed by atoms with Crippen LogP contribution in [0.5, 0.6) is 0 Å². The molecule has 0 aliphatic rings. The number of hydrogen-bond donors (Lipinski definition) is 3. The van der Waals surface area contributed by atoms with Crippen LogP contribution in [0.2, 0.25) is 0 Å². The van der Waals surface area contributed by atoms with Gasteiger partial charge in [-0.15, -0.1) is 0 Å². The van der Waals surface area contributed by atoms with Gasteiger partial charge in [-0.2, -0.15) is 0 Å². The highest BCUT2D eigenvalue weighted by Crippen LogP contribution is 2.18. The number of ether oxygens (including phenoxy) is 1. The fraction of sp³-hybridized carbons (Fsp3) is 0.906. The molecule has 0 bridgehead atoms. The standard InChI is InChI=1S/C64H123NO5/c1-3-5-7-9-11-13-15-17-18-19-20-21-22-23-24-25-26-27-30-33-36-40-44-48-52-56-62(67)61(60-66)65-63(68)57-53-49-45-41-37-34-31-28-29-32-35-39-43-47-51-55-59-70-64(69)58-54-50-46-42-38-16-14-12-10-8-6-4-2/h28,31,52,56,61-62,66-67H,3-27,29-30,32-51,53-55,57-60H2,1-2H3,(H,65,68)/b31-28-,56-52+. The van der Waals surface area contributed by atoms with Gasteiger partial charge in [0.15, 0.2) is 0 Å². The Balaban J connectivity index is 3.49. The lowest BCUT2D eigenvalue weighted by molar-refractivity contribution is -0.143. The number of carbonyl (C=O) groups excluding carboxylic acids is 2. The fourth-order valence-corrected chi connectivity index (χ4v) is 9.87. The van der Waals surface area contributed by atoms with Crippen LogP contribution in [0.3, 0.4) is 0 Å². The normalized spacial score (nSPS) is 12.7. The van der Waals surface area contributed by atoms with E-state index in [0.29, 0.717) is 19.4 Å². The molecule has 414 valence electrons. The van der Waals surface area contributed by atoms with Crippen molar-refractivity contribution in [3.05, 3.63) is 24.3 Å². The Morgan fingerprint density at radius 1 is 0.386 bits per heavy atom. The number of nitrogens with one attached hydrogen (secondary N) is 1. The molecule has 0 aliphatic carbocycles. The maximum Gasteiger partial charge on any atom is 0.305 e. The third kappa shape index (κ3) is 55.7. The van der Waals surface area contributed by atoms with Crippen molar-refractivity contribution in [3.8, 4) is 0 Å². The number of amides is 1. The molecule has 2 atom stereocenters. The van der Waals surface area contributed by atoms with E-state index in [-0.39, 0.29) is 18.5 Å². The van der Waals surface area contributed by atoms with E-state index in [0.717, 1.165) is 64.2 Å². The molecule has 0 spiro atoms. The van der Waals surface area contributed by atoms with Gasteiger partial charge in [-0.05, 0) is 57.8 Å². The van der Waals surface area contributed by atoms with Gasteiger partial charge < -0.3 is 20.3 Å². The minimum Gasteiger partial charge on any atom is -0.466 e. The molecule has 70 heavy (non-hydrogen) atoms. The van der Waals surface area contributed by atoms with Crippen LogP contribution in [-0.2, 0) is 14.3 Å². The van der Waals surface area contributed by atoms with Gasteiger partial charge in [-0.3, -0.25) is 9.59 Å². The Morgan fingerprint density at radius 2 is 0.671 bits per heavy atom. The Bertz CT molecular complexity index is 1090. The van der Waals surface area contributed by atoms with Crippen LogP contribution in [0.4, 0.5) is 0 Å². The summed E-state index contributed by atoms with van der Waals surface area (Å²) in [4.78, 5) is 24.5. The van der Waals surface area contributed by atoms with Crippen LogP contribution < -0.4 is 5.32 Å². The van der Waals surface area contributed by atoms with E-state index in [1.54, 1.807) is 6.08 Å². The highest BCUT2D eigenvalue weighted by Gasteiger charge is 2.18. The van der Waals surface area contributed by atoms with Gasteiger partial charge in [0, 0.05) is 12.8 Å². The zero-order valence-electron chi connectivity index (χ0n) is 47.3. The van der Waals surface area contributed by atoms with Gasteiger partial charge in [0.1, 0.15) is 0 Å². The summed E-state index contributed by atoms with van der Waals surface area (Å²) in [6.45, 7) is 4.90. The average Bonchev–Trinajstić information content (AvgIpc) is 3.36. The Morgan fingerprint density at radius 3 is 1.01 bits per heavy atom. The Labute approximate surface area is 437 Å². The van der Waals surface area contributed by atoms with Crippen molar-refractivity contribution < 1.29 is 24.5 Å². The van der Waals surface area contributed by atoms with E-state index in [9.17, 15) is 19.8 Å². The van der Waals surface area contributed by atoms with Crippen molar-refractivity contribution in [2.75, 3.05) is 13.2 Å². The highest BCUT2D eigenvalue weighted by atomic mass is 16.5. The van der Waals surface area contributed by atoms with Gasteiger partial charge in [-0.25, -0.2) is 0 Å². The molecule has 2 unspecified atom stereocenters. The molecule has 0 aromatic carbocycles. The van der Waals surface area contributed by atoms with Crippen molar-refractivity contribution in [1.82, 2.24) is 5.32 Å². The van der Waals surface area contributed by atoms with Gasteiger partial charge in [0.25, 0.3) is 0 Å². The lowest BCUT2D eigenvalue weighted by Crippen LogP contribution is -2.45. The average molecular weight is 987 g/mol. The molecule has 0 aromatic heterocycles. The molecule has 0 radical (unpaired) electrons. The summed E-state index contributed by atoms with van der Waals surface area (Å²) in [7, 11) is 0. The summed E-state index contributed by atoms with van der Waals surface area (Å²) < 4.78 is 5.46. The molecule has 0 rings (SSSR count). The molecule has 6 nitrogen and oxygen atoms in total. The number of aliphatic hydroxyl groups excluding tert-OH is 2. The molecular weight excluding hydrogens is 863 g/mol. The van der Waals surface area contributed by atoms with E-state index in [2.05, 4.69) is 31.3 Å². The van der Waals surface area contributed by atoms with Gasteiger partial charge in [0.2, 0.25) is 5.91 Å². The molecule has 0 aliphatic heterocycles. The third-order valence-electron chi connectivity index (χ3n) is 14.7. The fourth-order valence-electron chi connectivity index (χ4n) is 9.87. The first-order valence-electron chi connectivity index (χ1n) is 31.6. The maximum atomic E-state index is 12.5. The van der Waals surface area contributed by atoms with E-state index in [1.165, 1.54) is 257 Å². The van der Waals surface area contributed by atoms with Crippen LogP contribution >= 0.6 is 0 Å². The molecule has 0 saturated heterocycles. The number of unbranched alkanes of at least 4 members (excludes halogenated alkanes) is 46. The Hall–Kier alpha value is -1.66. The Kier molecular flexibility index (Phi) is 58.5. The van der Waals surface area contributed by atoms with Crippen LogP contribution in [0, 0.1) is 0 Å². The monoisotopic (exact) mass is 986 g/mol. The van der Waals surface area contributed by atoms with Gasteiger partial charge in [-0.1, -0.05) is 301 Å². The van der Waals surface area contributed by atoms with Crippen LogP contribution in [0.1, 0.15) is 348 Å². The molecule has 0 aromatic rings. The number of allylic oxidation sites excluding steroid dienone is 3. The van der Waals surface area contributed by atoms with Crippen molar-refractivity contribution in [1.29, 1.82) is 0 Å². The summed E-state index contributed by atoms with van der Waals surface area (Å²) >= 11 is 0. The number of aliphatic hydroxyl groups is 2. The summed E-state index contributed by atoms with van der Waals surface area (Å²) in [5.41, 5.74) is 0. The number of carbonyl (C=O) groups is 2. The second-order valence-corrected chi connectivity index (χ2v) is 21.7. The van der Waals surface area contributed by atoms with Gasteiger partial charge in [0.05, 0.1) is 25.4 Å². The quantitative estimate of drug-likeness (QED) is 0.0321. The van der Waals surface area contributed by atoms with Crippen molar-refractivity contribution in [2.45, 2.75) is 360 Å². The van der Waals surface area contributed by atoms with Gasteiger partial charge >= 0.3 is 5.97 Å². The van der Waals surface area contributed by atoms with Crippen LogP contribution in [0.25, 0.3) is 0 Å². The molecule has 0 heterocycles. The smallest absolute Gasteiger partial charge is 0.305 e. The maximum absolute atomic E-state index is 12.5. The largest absolute Gasteiger partial charge is 0.466 e. The SMILES string of the molecule is CCCCCCCCCCCCCCCCCCCCCCCCC/C=C/C(O)C(CO)NC(=O)CCCCCCC/C=C\CCCCCCCCCOC(=O)CCCCCCCCCCCCCC.